The molecule has 1 rings (SSSR count). The third kappa shape index (κ3) is 5.38. The van der Waals surface area contributed by atoms with E-state index in [0.717, 1.165) is 13.1 Å². The van der Waals surface area contributed by atoms with Crippen molar-refractivity contribution in [3.05, 3.63) is 0 Å². The molecule has 1 unspecified atom stereocenters. The molecule has 0 aliphatic heterocycles. The summed E-state index contributed by atoms with van der Waals surface area (Å²) < 4.78 is 0. The molecule has 106 valence electrons. The summed E-state index contributed by atoms with van der Waals surface area (Å²) in [7, 11) is 0. The van der Waals surface area contributed by atoms with Gasteiger partial charge in [0.1, 0.15) is 0 Å². The summed E-state index contributed by atoms with van der Waals surface area (Å²) in [6.45, 7) is 5.85. The average molecular weight is 255 g/mol. The predicted molar refractivity (Wildman–Crippen MR) is 74.8 cm³/mol. The number of hydrogen-bond acceptors (Lipinski definition) is 2. The van der Waals surface area contributed by atoms with Crippen LogP contribution in [0.15, 0.2) is 0 Å². The third-order valence-electron chi connectivity index (χ3n) is 4.07. The Morgan fingerprint density at radius 3 is 2.50 bits per heavy atom. The molecule has 3 nitrogen and oxygen atoms in total. The van der Waals surface area contributed by atoms with Crippen molar-refractivity contribution in [1.82, 2.24) is 4.90 Å². The van der Waals surface area contributed by atoms with Crippen LogP contribution in [-0.2, 0) is 4.79 Å². The summed E-state index contributed by atoms with van der Waals surface area (Å²) in [5.41, 5.74) is 0. The van der Waals surface area contributed by atoms with Crippen molar-refractivity contribution >= 4 is 5.97 Å². The summed E-state index contributed by atoms with van der Waals surface area (Å²) >= 11 is 0. The monoisotopic (exact) mass is 255 g/mol. The fourth-order valence-electron chi connectivity index (χ4n) is 2.86. The Bertz CT molecular complexity index is 237. The molecule has 3 heteroatoms. The molecule has 0 saturated heterocycles. The molecule has 0 bridgehead atoms. The van der Waals surface area contributed by atoms with Crippen molar-refractivity contribution < 1.29 is 9.90 Å². The van der Waals surface area contributed by atoms with Crippen LogP contribution in [0.1, 0.15) is 65.2 Å². The highest BCUT2D eigenvalue weighted by molar-refractivity contribution is 5.69. The summed E-state index contributed by atoms with van der Waals surface area (Å²) in [5.74, 6) is -0.903. The molecule has 1 aliphatic carbocycles. The van der Waals surface area contributed by atoms with E-state index in [2.05, 4.69) is 11.8 Å². The highest BCUT2D eigenvalue weighted by Gasteiger charge is 2.24. The number of aliphatic carboxylic acids is 1. The van der Waals surface area contributed by atoms with Crippen molar-refractivity contribution in [2.45, 2.75) is 71.3 Å². The third-order valence-corrected chi connectivity index (χ3v) is 4.07. The van der Waals surface area contributed by atoms with Gasteiger partial charge in [-0.25, -0.2) is 0 Å². The number of carboxylic acids is 1. The Kier molecular flexibility index (Phi) is 7.33. The summed E-state index contributed by atoms with van der Waals surface area (Å²) in [6.07, 6.45) is 10.2. The van der Waals surface area contributed by atoms with Gasteiger partial charge in [0.2, 0.25) is 0 Å². The van der Waals surface area contributed by atoms with E-state index in [1.807, 2.05) is 6.92 Å². The summed E-state index contributed by atoms with van der Waals surface area (Å²) in [6, 6.07) is 0.636. The molecular weight excluding hydrogens is 226 g/mol. The zero-order valence-electron chi connectivity index (χ0n) is 12.0. The van der Waals surface area contributed by atoms with Crippen molar-refractivity contribution in [3.63, 3.8) is 0 Å². The highest BCUT2D eigenvalue weighted by Crippen LogP contribution is 2.23. The van der Waals surface area contributed by atoms with Gasteiger partial charge in [0.15, 0.2) is 0 Å². The van der Waals surface area contributed by atoms with Gasteiger partial charge in [-0.05, 0) is 25.8 Å². The van der Waals surface area contributed by atoms with Gasteiger partial charge in [-0.15, -0.1) is 0 Å². The predicted octanol–water partition coefficient (Wildman–Crippen LogP) is 3.53. The van der Waals surface area contributed by atoms with Crippen molar-refractivity contribution in [2.24, 2.45) is 5.92 Å². The van der Waals surface area contributed by atoms with E-state index in [1.54, 1.807) is 0 Å². The topological polar surface area (TPSA) is 40.5 Å². The van der Waals surface area contributed by atoms with Gasteiger partial charge in [-0.1, -0.05) is 46.0 Å². The smallest absolute Gasteiger partial charge is 0.307 e. The van der Waals surface area contributed by atoms with Crippen LogP contribution in [0.5, 0.6) is 0 Å². The fraction of sp³-hybridized carbons (Fsp3) is 0.933. The van der Waals surface area contributed by atoms with Crippen LogP contribution >= 0.6 is 0 Å². The Balaban J connectivity index is 2.47. The Labute approximate surface area is 112 Å². The van der Waals surface area contributed by atoms with E-state index < -0.39 is 5.97 Å². The van der Waals surface area contributed by atoms with Gasteiger partial charge in [0, 0.05) is 12.6 Å². The molecule has 18 heavy (non-hydrogen) atoms. The van der Waals surface area contributed by atoms with Crippen LogP contribution in [0, 0.1) is 5.92 Å². The van der Waals surface area contributed by atoms with E-state index in [-0.39, 0.29) is 5.92 Å². The Morgan fingerprint density at radius 1 is 1.28 bits per heavy atom. The van der Waals surface area contributed by atoms with Crippen LogP contribution in [0.4, 0.5) is 0 Å². The quantitative estimate of drug-likeness (QED) is 0.674. The van der Waals surface area contributed by atoms with Gasteiger partial charge in [-0.3, -0.25) is 9.69 Å². The number of nitrogens with zero attached hydrogens (tertiary/aromatic N) is 1. The zero-order valence-corrected chi connectivity index (χ0v) is 12.0. The Morgan fingerprint density at radius 2 is 1.94 bits per heavy atom. The normalized spacial score (nSPS) is 19.1. The molecule has 1 N–H and O–H groups in total. The van der Waals surface area contributed by atoms with Crippen LogP contribution in [0.2, 0.25) is 0 Å². The number of unbranched alkanes of at least 4 members (excludes halogenated alkanes) is 2. The summed E-state index contributed by atoms with van der Waals surface area (Å²) in [5, 5.41) is 9.07. The van der Waals surface area contributed by atoms with E-state index in [0.29, 0.717) is 6.04 Å². The lowest BCUT2D eigenvalue weighted by molar-refractivity contribution is -0.142. The van der Waals surface area contributed by atoms with Crippen LogP contribution < -0.4 is 0 Å². The summed E-state index contributed by atoms with van der Waals surface area (Å²) in [4.78, 5) is 13.5. The minimum absolute atomic E-state index is 0.242. The van der Waals surface area contributed by atoms with Crippen LogP contribution in [-0.4, -0.2) is 35.1 Å². The SMILES string of the molecule is CCCCCN(CC(C)C(=O)O)C1CCCCC1. The van der Waals surface area contributed by atoms with Gasteiger partial charge in [0.05, 0.1) is 5.92 Å². The molecule has 0 aromatic heterocycles. The first-order chi connectivity index (χ1) is 8.65. The van der Waals surface area contributed by atoms with Crippen molar-refractivity contribution in [3.8, 4) is 0 Å². The zero-order chi connectivity index (χ0) is 13.4. The number of rotatable bonds is 8. The highest BCUT2D eigenvalue weighted by atomic mass is 16.4. The molecule has 0 heterocycles. The van der Waals surface area contributed by atoms with E-state index in [9.17, 15) is 4.79 Å². The second-order valence-electron chi connectivity index (χ2n) is 5.73. The lowest BCUT2D eigenvalue weighted by Crippen LogP contribution is -2.41. The molecule has 1 saturated carbocycles. The maximum absolute atomic E-state index is 11.0. The van der Waals surface area contributed by atoms with Gasteiger partial charge < -0.3 is 5.11 Å². The van der Waals surface area contributed by atoms with E-state index >= 15 is 0 Å². The van der Waals surface area contributed by atoms with Gasteiger partial charge >= 0.3 is 5.97 Å². The first kappa shape index (κ1) is 15.5. The molecular formula is C15H29NO2. The Hall–Kier alpha value is -0.570. The lowest BCUT2D eigenvalue weighted by Gasteiger charge is -2.35. The molecule has 0 aromatic carbocycles. The van der Waals surface area contributed by atoms with E-state index in [1.165, 1.54) is 51.4 Å². The molecule has 0 radical (unpaired) electrons. The maximum atomic E-state index is 11.0. The minimum atomic E-state index is -0.661. The number of hydrogen-bond donors (Lipinski definition) is 1. The van der Waals surface area contributed by atoms with E-state index in [4.69, 9.17) is 5.11 Å². The largest absolute Gasteiger partial charge is 0.481 e. The number of carbonyl (C=O) groups is 1. The first-order valence-electron chi connectivity index (χ1n) is 7.62. The molecule has 0 amide bonds. The molecule has 0 aromatic rings. The first-order valence-corrected chi connectivity index (χ1v) is 7.62. The fourth-order valence-corrected chi connectivity index (χ4v) is 2.86. The van der Waals surface area contributed by atoms with Gasteiger partial charge in [0.25, 0.3) is 0 Å². The van der Waals surface area contributed by atoms with Crippen molar-refractivity contribution in [1.29, 1.82) is 0 Å². The lowest BCUT2D eigenvalue weighted by atomic mass is 9.93. The molecule has 1 fully saturated rings. The standard InChI is InChI=1S/C15H29NO2/c1-3-4-8-11-16(12-13(2)15(17)18)14-9-6-5-7-10-14/h13-14H,3-12H2,1-2H3,(H,17,18). The molecule has 1 aliphatic rings. The second-order valence-corrected chi connectivity index (χ2v) is 5.73. The average Bonchev–Trinajstić information content (AvgIpc) is 2.38. The maximum Gasteiger partial charge on any atom is 0.307 e. The van der Waals surface area contributed by atoms with Crippen molar-refractivity contribution in [2.75, 3.05) is 13.1 Å². The second kappa shape index (κ2) is 8.52. The minimum Gasteiger partial charge on any atom is -0.481 e. The van der Waals surface area contributed by atoms with Gasteiger partial charge in [-0.2, -0.15) is 0 Å². The van der Waals surface area contributed by atoms with Crippen LogP contribution in [0.3, 0.4) is 0 Å². The molecule has 1 atom stereocenters. The molecule has 0 spiro atoms. The number of carboxylic acid groups (broad SMARTS) is 1. The van der Waals surface area contributed by atoms with Crippen LogP contribution in [0.25, 0.3) is 0 Å².